The number of hydrogen-bond acceptors (Lipinski definition) is 5. The van der Waals surface area contributed by atoms with Crippen LogP contribution in [0.5, 0.6) is 0 Å². The summed E-state index contributed by atoms with van der Waals surface area (Å²) in [5.41, 5.74) is 9.27. The first kappa shape index (κ1) is 15.1. The van der Waals surface area contributed by atoms with Crippen LogP contribution in [-0.4, -0.2) is 15.0 Å². The third-order valence-corrected chi connectivity index (χ3v) is 4.34. The average molecular weight is 320 g/mol. The minimum Gasteiger partial charge on any atom is -0.382 e. The normalized spacial score (nSPS) is 11.0. The molecular weight excluding hydrogens is 304 g/mol. The zero-order chi connectivity index (χ0) is 16.2. The topological polar surface area (TPSA) is 64.7 Å². The van der Waals surface area contributed by atoms with Gasteiger partial charge < -0.3 is 5.73 Å². The lowest BCUT2D eigenvalue weighted by molar-refractivity contribution is 1.20. The molecule has 0 aliphatic heterocycles. The number of thiazole rings is 1. The van der Waals surface area contributed by atoms with Crippen molar-refractivity contribution in [2.24, 2.45) is 0 Å². The van der Waals surface area contributed by atoms with E-state index >= 15 is 0 Å². The van der Waals surface area contributed by atoms with Crippen LogP contribution < -0.4 is 5.73 Å². The quantitative estimate of drug-likeness (QED) is 0.767. The second-order valence-corrected chi connectivity index (χ2v) is 5.86. The minimum absolute atomic E-state index is 0.376. The lowest BCUT2D eigenvalue weighted by atomic mass is 10.1. The van der Waals surface area contributed by atoms with Crippen LogP contribution in [0.4, 0.5) is 5.82 Å². The van der Waals surface area contributed by atoms with Crippen LogP contribution in [0, 0.1) is 0 Å². The summed E-state index contributed by atoms with van der Waals surface area (Å²) >= 11 is 1.51. The van der Waals surface area contributed by atoms with E-state index in [0.717, 1.165) is 26.8 Å². The molecule has 0 atom stereocenters. The highest BCUT2D eigenvalue weighted by Crippen LogP contribution is 2.32. The highest BCUT2D eigenvalue weighted by atomic mass is 32.1. The standard InChI is InChI=1S/C18H16N4S/c1-3-8-13-15(4-2)23-18(22-13)16-17(19)20-11-14(21-16)12-9-6-5-7-10-12/h3-11H,2H2,1H3,(H2,19,20)/b8-3-. The molecule has 0 spiro atoms. The monoisotopic (exact) mass is 320 g/mol. The molecule has 0 saturated heterocycles. The van der Waals surface area contributed by atoms with Gasteiger partial charge in [-0.3, -0.25) is 0 Å². The molecule has 0 unspecified atom stereocenters. The molecule has 0 aliphatic rings. The Balaban J connectivity index is 2.11. The number of hydrogen-bond donors (Lipinski definition) is 1. The first-order valence-corrected chi connectivity index (χ1v) is 7.99. The second kappa shape index (κ2) is 6.54. The lowest BCUT2D eigenvalue weighted by Crippen LogP contribution is -1.98. The zero-order valence-electron chi connectivity index (χ0n) is 12.7. The molecule has 0 aliphatic carbocycles. The molecule has 0 amide bonds. The summed E-state index contributed by atoms with van der Waals surface area (Å²) in [5.74, 6) is 0.376. The number of rotatable bonds is 4. The first-order valence-electron chi connectivity index (χ1n) is 7.17. The van der Waals surface area contributed by atoms with Crippen LogP contribution in [-0.2, 0) is 0 Å². The van der Waals surface area contributed by atoms with Gasteiger partial charge in [-0.2, -0.15) is 0 Å². The van der Waals surface area contributed by atoms with Crippen LogP contribution in [0.15, 0.2) is 49.2 Å². The molecule has 2 heterocycles. The van der Waals surface area contributed by atoms with E-state index in [1.54, 1.807) is 12.3 Å². The zero-order valence-corrected chi connectivity index (χ0v) is 13.5. The van der Waals surface area contributed by atoms with Crippen molar-refractivity contribution < 1.29 is 0 Å². The maximum Gasteiger partial charge on any atom is 0.152 e. The van der Waals surface area contributed by atoms with Gasteiger partial charge in [-0.15, -0.1) is 11.3 Å². The molecule has 1 aromatic carbocycles. The molecule has 0 bridgehead atoms. The highest BCUT2D eigenvalue weighted by molar-refractivity contribution is 7.16. The Morgan fingerprint density at radius 2 is 1.96 bits per heavy atom. The second-order valence-electron chi connectivity index (χ2n) is 4.83. The van der Waals surface area contributed by atoms with Gasteiger partial charge in [0.05, 0.1) is 22.5 Å². The number of nitrogen functional groups attached to an aromatic ring is 1. The van der Waals surface area contributed by atoms with E-state index in [1.807, 2.05) is 49.4 Å². The average Bonchev–Trinajstić information content (AvgIpc) is 2.99. The molecule has 3 aromatic rings. The molecule has 2 N–H and O–H groups in total. The highest BCUT2D eigenvalue weighted by Gasteiger charge is 2.15. The van der Waals surface area contributed by atoms with E-state index in [0.29, 0.717) is 11.5 Å². The van der Waals surface area contributed by atoms with Crippen molar-refractivity contribution in [1.29, 1.82) is 0 Å². The van der Waals surface area contributed by atoms with E-state index in [4.69, 9.17) is 5.73 Å². The third kappa shape index (κ3) is 3.05. The van der Waals surface area contributed by atoms with Gasteiger partial charge >= 0.3 is 0 Å². The maximum absolute atomic E-state index is 6.02. The van der Waals surface area contributed by atoms with E-state index in [1.165, 1.54) is 11.3 Å². The van der Waals surface area contributed by atoms with Crippen molar-refractivity contribution in [2.45, 2.75) is 6.92 Å². The molecule has 3 rings (SSSR count). The smallest absolute Gasteiger partial charge is 0.152 e. The van der Waals surface area contributed by atoms with Crippen molar-refractivity contribution in [3.8, 4) is 22.0 Å². The molecular formula is C18H16N4S. The van der Waals surface area contributed by atoms with Crippen molar-refractivity contribution in [1.82, 2.24) is 15.0 Å². The van der Waals surface area contributed by atoms with Crippen molar-refractivity contribution in [2.75, 3.05) is 5.73 Å². The van der Waals surface area contributed by atoms with Gasteiger partial charge in [0, 0.05) is 5.56 Å². The number of aromatic nitrogens is 3. The van der Waals surface area contributed by atoms with Crippen LogP contribution in [0.3, 0.4) is 0 Å². The molecule has 114 valence electrons. The first-order chi connectivity index (χ1) is 11.2. The summed E-state index contributed by atoms with van der Waals surface area (Å²) in [6, 6.07) is 9.89. The molecule has 23 heavy (non-hydrogen) atoms. The van der Waals surface area contributed by atoms with Crippen LogP contribution >= 0.6 is 11.3 Å². The lowest BCUT2D eigenvalue weighted by Gasteiger charge is -2.04. The number of allylic oxidation sites excluding steroid dienone is 1. The van der Waals surface area contributed by atoms with Gasteiger partial charge in [-0.1, -0.05) is 43.0 Å². The molecule has 0 fully saturated rings. The predicted molar refractivity (Wildman–Crippen MR) is 97.8 cm³/mol. The van der Waals surface area contributed by atoms with E-state index in [-0.39, 0.29) is 0 Å². The SMILES string of the molecule is C=Cc1sc(-c2nc(-c3ccccc3)cnc2N)nc1/C=C\C. The number of nitrogens with zero attached hydrogens (tertiary/aromatic N) is 3. The Morgan fingerprint density at radius 1 is 1.17 bits per heavy atom. The minimum atomic E-state index is 0.376. The Bertz CT molecular complexity index is 866. The molecule has 4 nitrogen and oxygen atoms in total. The number of anilines is 1. The van der Waals surface area contributed by atoms with E-state index < -0.39 is 0 Å². The Labute approximate surface area is 139 Å². The fourth-order valence-corrected chi connectivity index (χ4v) is 3.07. The number of nitrogens with two attached hydrogens (primary N) is 1. The summed E-state index contributed by atoms with van der Waals surface area (Å²) < 4.78 is 0. The largest absolute Gasteiger partial charge is 0.382 e. The Hall–Kier alpha value is -2.79. The Morgan fingerprint density at radius 3 is 2.65 bits per heavy atom. The molecule has 0 saturated carbocycles. The van der Waals surface area contributed by atoms with Gasteiger partial charge in [0.2, 0.25) is 0 Å². The Kier molecular flexibility index (Phi) is 4.30. The van der Waals surface area contributed by atoms with Gasteiger partial charge in [0.1, 0.15) is 10.7 Å². The molecule has 5 heteroatoms. The van der Waals surface area contributed by atoms with Gasteiger partial charge in [-0.25, -0.2) is 15.0 Å². The summed E-state index contributed by atoms with van der Waals surface area (Å²) in [4.78, 5) is 14.5. The van der Waals surface area contributed by atoms with E-state index in [2.05, 4.69) is 21.5 Å². The van der Waals surface area contributed by atoms with Gasteiger partial charge in [-0.05, 0) is 19.1 Å². The van der Waals surface area contributed by atoms with Crippen LogP contribution in [0.2, 0.25) is 0 Å². The summed E-state index contributed by atoms with van der Waals surface area (Å²) in [5, 5.41) is 0.746. The van der Waals surface area contributed by atoms with Gasteiger partial charge in [0.25, 0.3) is 0 Å². The van der Waals surface area contributed by atoms with Crippen molar-refractivity contribution in [3.05, 3.63) is 59.8 Å². The summed E-state index contributed by atoms with van der Waals surface area (Å²) in [6.07, 6.45) is 7.37. The maximum atomic E-state index is 6.02. The summed E-state index contributed by atoms with van der Waals surface area (Å²) in [6.45, 7) is 5.79. The summed E-state index contributed by atoms with van der Waals surface area (Å²) in [7, 11) is 0. The van der Waals surface area contributed by atoms with Crippen LogP contribution in [0.1, 0.15) is 17.5 Å². The van der Waals surface area contributed by atoms with Gasteiger partial charge in [0.15, 0.2) is 5.82 Å². The predicted octanol–water partition coefficient (Wildman–Crippen LogP) is 4.53. The van der Waals surface area contributed by atoms with Crippen molar-refractivity contribution >= 4 is 29.3 Å². The fraction of sp³-hybridized carbons (Fsp3) is 0.0556. The van der Waals surface area contributed by atoms with E-state index in [9.17, 15) is 0 Å². The van der Waals surface area contributed by atoms with Crippen molar-refractivity contribution in [3.63, 3.8) is 0 Å². The molecule has 0 radical (unpaired) electrons. The third-order valence-electron chi connectivity index (χ3n) is 3.26. The number of benzene rings is 1. The van der Waals surface area contributed by atoms with Crippen LogP contribution in [0.25, 0.3) is 34.1 Å². The molecule has 2 aromatic heterocycles. The fourth-order valence-electron chi connectivity index (χ4n) is 2.17.